The highest BCUT2D eigenvalue weighted by atomic mass is 79.9. The Morgan fingerprint density at radius 3 is 2.73 bits per heavy atom. The van der Waals surface area contributed by atoms with Gasteiger partial charge in [0.05, 0.1) is 0 Å². The molecule has 0 atom stereocenters. The van der Waals surface area contributed by atoms with Crippen molar-refractivity contribution in [3.8, 4) is 0 Å². The van der Waals surface area contributed by atoms with Crippen LogP contribution in [0.1, 0.15) is 12.5 Å². The maximum Gasteiger partial charge on any atom is 0.244 e. The normalized spacial score (nSPS) is 10.1. The van der Waals surface area contributed by atoms with Gasteiger partial charge < -0.3 is 10.2 Å². The van der Waals surface area contributed by atoms with Crippen molar-refractivity contribution in [1.29, 1.82) is 0 Å². The van der Waals surface area contributed by atoms with E-state index in [0.29, 0.717) is 12.2 Å². The molecule has 22 heavy (non-hydrogen) atoms. The van der Waals surface area contributed by atoms with Gasteiger partial charge in [-0.2, -0.15) is 0 Å². The Labute approximate surface area is 137 Å². The van der Waals surface area contributed by atoms with Crippen molar-refractivity contribution in [2.45, 2.75) is 13.5 Å². The molecule has 1 aromatic heterocycles. The van der Waals surface area contributed by atoms with Crippen molar-refractivity contribution in [3.05, 3.63) is 58.8 Å². The molecular formula is C16H16BrN3O2. The van der Waals surface area contributed by atoms with Gasteiger partial charge in [0.15, 0.2) is 0 Å². The van der Waals surface area contributed by atoms with Gasteiger partial charge in [0.25, 0.3) is 0 Å². The summed E-state index contributed by atoms with van der Waals surface area (Å²) in [4.78, 5) is 29.3. The molecule has 6 heteroatoms. The summed E-state index contributed by atoms with van der Waals surface area (Å²) in [6.07, 6.45) is 3.35. The number of amides is 2. The van der Waals surface area contributed by atoms with E-state index in [4.69, 9.17) is 0 Å². The lowest BCUT2D eigenvalue weighted by atomic mass is 10.2. The van der Waals surface area contributed by atoms with Gasteiger partial charge in [-0.05, 0) is 29.8 Å². The molecule has 1 N–H and O–H groups in total. The van der Waals surface area contributed by atoms with Crippen LogP contribution in [0.3, 0.4) is 0 Å². The second kappa shape index (κ2) is 7.70. The van der Waals surface area contributed by atoms with E-state index in [1.807, 2.05) is 18.2 Å². The van der Waals surface area contributed by atoms with Gasteiger partial charge in [-0.1, -0.05) is 28.1 Å². The maximum absolute atomic E-state index is 12.1. The Balaban J connectivity index is 1.98. The topological polar surface area (TPSA) is 62.3 Å². The van der Waals surface area contributed by atoms with Gasteiger partial charge in [0.2, 0.25) is 11.8 Å². The molecule has 0 aliphatic heterocycles. The Hall–Kier alpha value is -2.21. The third-order valence-corrected chi connectivity index (χ3v) is 3.48. The van der Waals surface area contributed by atoms with Crippen LogP contribution >= 0.6 is 15.9 Å². The van der Waals surface area contributed by atoms with Crippen LogP contribution in [0.15, 0.2) is 53.3 Å². The van der Waals surface area contributed by atoms with Crippen molar-refractivity contribution in [2.75, 3.05) is 11.9 Å². The van der Waals surface area contributed by atoms with E-state index in [1.165, 1.54) is 11.8 Å². The average molecular weight is 362 g/mol. The summed E-state index contributed by atoms with van der Waals surface area (Å²) >= 11 is 3.35. The Kier molecular flexibility index (Phi) is 5.66. The lowest BCUT2D eigenvalue weighted by molar-refractivity contribution is -0.133. The monoisotopic (exact) mass is 361 g/mol. The van der Waals surface area contributed by atoms with Crippen molar-refractivity contribution >= 4 is 33.4 Å². The van der Waals surface area contributed by atoms with E-state index in [2.05, 4.69) is 26.2 Å². The molecule has 0 aliphatic rings. The predicted molar refractivity (Wildman–Crippen MR) is 88.1 cm³/mol. The zero-order chi connectivity index (χ0) is 15.9. The third-order valence-electron chi connectivity index (χ3n) is 2.98. The highest BCUT2D eigenvalue weighted by Crippen LogP contribution is 2.15. The zero-order valence-electron chi connectivity index (χ0n) is 12.1. The van der Waals surface area contributed by atoms with Gasteiger partial charge in [-0.3, -0.25) is 14.6 Å². The number of anilines is 1. The van der Waals surface area contributed by atoms with Gasteiger partial charge >= 0.3 is 0 Å². The number of aromatic nitrogens is 1. The molecule has 2 aromatic rings. The fourth-order valence-corrected chi connectivity index (χ4v) is 2.33. The number of benzene rings is 1. The molecule has 0 aliphatic carbocycles. The molecule has 1 aromatic carbocycles. The third kappa shape index (κ3) is 4.96. The maximum atomic E-state index is 12.1. The number of hydrogen-bond acceptors (Lipinski definition) is 3. The van der Waals surface area contributed by atoms with Crippen LogP contribution in [0.4, 0.5) is 5.69 Å². The smallest absolute Gasteiger partial charge is 0.244 e. The molecule has 0 bridgehead atoms. The molecular weight excluding hydrogens is 346 g/mol. The quantitative estimate of drug-likeness (QED) is 0.890. The first-order chi connectivity index (χ1) is 10.5. The van der Waals surface area contributed by atoms with Crippen LogP contribution in [0.2, 0.25) is 0 Å². The van der Waals surface area contributed by atoms with Gasteiger partial charge in [-0.15, -0.1) is 0 Å². The van der Waals surface area contributed by atoms with Crippen LogP contribution in [-0.2, 0) is 16.1 Å². The number of nitrogens with zero attached hydrogens (tertiary/aromatic N) is 2. The van der Waals surface area contributed by atoms with Crippen molar-refractivity contribution in [2.24, 2.45) is 0 Å². The molecule has 0 spiro atoms. The number of hydrogen-bond donors (Lipinski definition) is 1. The molecule has 0 fully saturated rings. The Morgan fingerprint density at radius 2 is 2.09 bits per heavy atom. The minimum absolute atomic E-state index is 0.00323. The molecule has 0 radical (unpaired) electrons. The zero-order valence-corrected chi connectivity index (χ0v) is 13.7. The summed E-state index contributed by atoms with van der Waals surface area (Å²) in [5, 5.41) is 2.78. The molecule has 1 heterocycles. The molecule has 2 rings (SSSR count). The van der Waals surface area contributed by atoms with E-state index >= 15 is 0 Å². The fraction of sp³-hybridized carbons (Fsp3) is 0.188. The summed E-state index contributed by atoms with van der Waals surface area (Å²) in [6.45, 7) is 1.80. The van der Waals surface area contributed by atoms with Crippen LogP contribution in [0.5, 0.6) is 0 Å². The molecule has 0 saturated carbocycles. The first kappa shape index (κ1) is 16.2. The second-order valence-electron chi connectivity index (χ2n) is 4.79. The van der Waals surface area contributed by atoms with E-state index in [9.17, 15) is 9.59 Å². The van der Waals surface area contributed by atoms with Crippen molar-refractivity contribution < 1.29 is 9.59 Å². The molecule has 5 nitrogen and oxygen atoms in total. The summed E-state index contributed by atoms with van der Waals surface area (Å²) < 4.78 is 0.879. The lowest BCUT2D eigenvalue weighted by Gasteiger charge is -2.20. The summed E-state index contributed by atoms with van der Waals surface area (Å²) in [5.74, 6) is -0.398. The van der Waals surface area contributed by atoms with Crippen molar-refractivity contribution in [3.63, 3.8) is 0 Å². The van der Waals surface area contributed by atoms with Gasteiger partial charge in [-0.25, -0.2) is 0 Å². The number of rotatable bonds is 5. The van der Waals surface area contributed by atoms with Gasteiger partial charge in [0.1, 0.15) is 6.54 Å². The summed E-state index contributed by atoms with van der Waals surface area (Å²) in [5.41, 5.74) is 1.57. The minimum Gasteiger partial charge on any atom is -0.329 e. The molecule has 0 unspecified atom stereocenters. The largest absolute Gasteiger partial charge is 0.329 e. The predicted octanol–water partition coefficient (Wildman–Crippen LogP) is 2.83. The number of nitrogens with one attached hydrogen (secondary N) is 1. The molecule has 114 valence electrons. The molecule has 0 saturated heterocycles. The van der Waals surface area contributed by atoms with Crippen LogP contribution in [0, 0.1) is 0 Å². The van der Waals surface area contributed by atoms with E-state index in [1.54, 1.807) is 30.6 Å². The SMILES string of the molecule is CC(=O)N(CC(=O)Nc1cccc(Br)c1)Cc1cccnc1. The number of halogens is 1. The minimum atomic E-state index is -0.239. The van der Waals surface area contributed by atoms with E-state index < -0.39 is 0 Å². The lowest BCUT2D eigenvalue weighted by Crippen LogP contribution is -2.36. The van der Waals surface area contributed by atoms with Crippen LogP contribution in [0.25, 0.3) is 0 Å². The first-order valence-corrected chi connectivity index (χ1v) is 7.54. The summed E-state index contributed by atoms with van der Waals surface area (Å²) in [6, 6.07) is 11.0. The number of carbonyl (C=O) groups is 2. The first-order valence-electron chi connectivity index (χ1n) is 6.74. The Morgan fingerprint density at radius 1 is 1.27 bits per heavy atom. The number of carbonyl (C=O) groups excluding carboxylic acids is 2. The standard InChI is InChI=1S/C16H16BrN3O2/c1-12(21)20(10-13-4-3-7-18-9-13)11-16(22)19-15-6-2-5-14(17)8-15/h2-9H,10-11H2,1H3,(H,19,22). The van der Waals surface area contributed by atoms with Gasteiger partial charge in [0, 0.05) is 36.0 Å². The molecule has 2 amide bonds. The van der Waals surface area contributed by atoms with Crippen LogP contribution in [-0.4, -0.2) is 28.2 Å². The average Bonchev–Trinajstić information content (AvgIpc) is 2.47. The van der Waals surface area contributed by atoms with E-state index in [-0.39, 0.29) is 18.4 Å². The highest BCUT2D eigenvalue weighted by Gasteiger charge is 2.14. The highest BCUT2D eigenvalue weighted by molar-refractivity contribution is 9.10. The summed E-state index contributed by atoms with van der Waals surface area (Å²) in [7, 11) is 0. The van der Waals surface area contributed by atoms with Crippen LogP contribution < -0.4 is 5.32 Å². The fourth-order valence-electron chi connectivity index (χ4n) is 1.93. The van der Waals surface area contributed by atoms with E-state index in [0.717, 1.165) is 10.0 Å². The number of pyridine rings is 1. The van der Waals surface area contributed by atoms with Crippen molar-refractivity contribution in [1.82, 2.24) is 9.88 Å². The Bertz CT molecular complexity index is 661. The second-order valence-corrected chi connectivity index (χ2v) is 5.71.